The van der Waals surface area contributed by atoms with Crippen molar-refractivity contribution in [2.75, 3.05) is 31.2 Å². The first kappa shape index (κ1) is 9.20. The van der Waals surface area contributed by atoms with Crippen LogP contribution in [0.5, 0.6) is 0 Å². The van der Waals surface area contributed by atoms with Gasteiger partial charge in [-0.05, 0) is 0 Å². The molecule has 0 aliphatic carbocycles. The molecule has 13 heavy (non-hydrogen) atoms. The Morgan fingerprint density at radius 3 is 2.62 bits per heavy atom. The van der Waals surface area contributed by atoms with E-state index in [9.17, 15) is 0 Å². The monoisotopic (exact) mass is 285 g/mol. The molecule has 0 bridgehead atoms. The summed E-state index contributed by atoms with van der Waals surface area (Å²) in [6.45, 7) is 3.44. The number of hydrogen-bond donors (Lipinski definition) is 0. The van der Waals surface area contributed by atoms with Crippen LogP contribution in [-0.2, 0) is 4.74 Å². The fourth-order valence-corrected chi connectivity index (χ4v) is 1.71. The standard InChI is InChI=1S/C8H10N3O.Sn.H/c1-2-10-8(7-9-1)11-3-5-12-6-4-11;;/h2,7H,3-6H2;;. The van der Waals surface area contributed by atoms with E-state index < -0.39 is 0 Å². The number of aromatic nitrogens is 2. The van der Waals surface area contributed by atoms with Gasteiger partial charge in [0, 0.05) is 0 Å². The Labute approximate surface area is 90.4 Å². The van der Waals surface area contributed by atoms with Crippen LogP contribution in [0.25, 0.3) is 0 Å². The van der Waals surface area contributed by atoms with Crippen molar-refractivity contribution in [1.82, 2.24) is 9.97 Å². The van der Waals surface area contributed by atoms with Gasteiger partial charge in [-0.25, -0.2) is 0 Å². The van der Waals surface area contributed by atoms with Crippen LogP contribution in [0.2, 0.25) is 0 Å². The molecule has 0 unspecified atom stereocenters. The second-order valence-electron chi connectivity index (χ2n) is 2.90. The van der Waals surface area contributed by atoms with Gasteiger partial charge in [0.1, 0.15) is 0 Å². The third kappa shape index (κ3) is 2.31. The van der Waals surface area contributed by atoms with Gasteiger partial charge in [0.2, 0.25) is 0 Å². The molecule has 0 N–H and O–H groups in total. The average Bonchev–Trinajstić information content (AvgIpc) is 2.20. The van der Waals surface area contributed by atoms with E-state index in [2.05, 4.69) is 14.9 Å². The van der Waals surface area contributed by atoms with Crippen molar-refractivity contribution < 1.29 is 4.74 Å². The fourth-order valence-electron chi connectivity index (χ4n) is 1.29. The van der Waals surface area contributed by atoms with Gasteiger partial charge in [-0.1, -0.05) is 0 Å². The molecule has 0 atom stereocenters. The molecule has 4 nitrogen and oxygen atoms in total. The van der Waals surface area contributed by atoms with Crippen LogP contribution < -0.4 is 8.61 Å². The molecule has 0 amide bonds. The summed E-state index contributed by atoms with van der Waals surface area (Å²) in [5.41, 5.74) is 0. The molecular weight excluding hydrogens is 273 g/mol. The van der Waals surface area contributed by atoms with Gasteiger partial charge in [0.15, 0.2) is 0 Å². The molecule has 2 heterocycles. The zero-order valence-corrected chi connectivity index (χ0v) is 10.6. The molecule has 0 spiro atoms. The Hall–Kier alpha value is -0.361. The van der Waals surface area contributed by atoms with E-state index in [1.54, 1.807) is 0 Å². The van der Waals surface area contributed by atoms with Gasteiger partial charge >= 0.3 is 90.4 Å². The number of ether oxygens (including phenoxy) is 1. The van der Waals surface area contributed by atoms with Crippen molar-refractivity contribution in [1.29, 1.82) is 0 Å². The average molecular weight is 284 g/mol. The summed E-state index contributed by atoms with van der Waals surface area (Å²) in [7, 11) is 0. The van der Waals surface area contributed by atoms with Crippen LogP contribution in [-0.4, -0.2) is 58.8 Å². The Morgan fingerprint density at radius 2 is 2.00 bits per heavy atom. The van der Waals surface area contributed by atoms with Gasteiger partial charge in [-0.3, -0.25) is 0 Å². The first-order valence-electron chi connectivity index (χ1n) is 4.26. The third-order valence-corrected chi connectivity index (χ3v) is 2.84. The third-order valence-electron chi connectivity index (χ3n) is 1.99. The van der Waals surface area contributed by atoms with Crippen molar-refractivity contribution in [2.24, 2.45) is 0 Å². The quantitative estimate of drug-likeness (QED) is 0.610. The minimum absolute atomic E-state index is 0.795. The molecule has 68 valence electrons. The fraction of sp³-hybridized carbons (Fsp3) is 0.500. The summed E-state index contributed by atoms with van der Waals surface area (Å²) in [6.07, 6.45) is 3.71. The van der Waals surface area contributed by atoms with Crippen LogP contribution >= 0.6 is 0 Å². The second-order valence-corrected chi connectivity index (χ2v) is 4.59. The van der Waals surface area contributed by atoms with E-state index in [1.807, 2.05) is 12.4 Å². The molecular formula is C8H11N3OSn. The maximum absolute atomic E-state index is 5.26. The Kier molecular flexibility index (Phi) is 3.00. The first-order chi connectivity index (χ1) is 6.36. The van der Waals surface area contributed by atoms with E-state index in [0.717, 1.165) is 58.4 Å². The molecule has 1 aromatic heterocycles. The summed E-state index contributed by atoms with van der Waals surface area (Å²) in [5.74, 6) is 0.973. The Morgan fingerprint density at radius 1 is 1.23 bits per heavy atom. The Bertz CT molecular complexity index is 271. The van der Waals surface area contributed by atoms with Crippen LogP contribution in [0.15, 0.2) is 12.4 Å². The summed E-state index contributed by atoms with van der Waals surface area (Å²) in [4.78, 5) is 10.8. The number of hydrogen-bond acceptors (Lipinski definition) is 4. The molecule has 1 saturated heterocycles. The van der Waals surface area contributed by atoms with Crippen LogP contribution in [0, 0.1) is 0 Å². The summed E-state index contributed by atoms with van der Waals surface area (Å²) < 4.78 is 6.35. The van der Waals surface area contributed by atoms with Gasteiger partial charge in [-0.2, -0.15) is 0 Å². The topological polar surface area (TPSA) is 38.2 Å². The minimum atomic E-state index is 0.795. The molecule has 5 heteroatoms. The molecule has 0 saturated carbocycles. The number of rotatable bonds is 1. The molecule has 0 aromatic carbocycles. The predicted molar refractivity (Wildman–Crippen MR) is 51.8 cm³/mol. The molecule has 2 radical (unpaired) electrons. The number of nitrogens with zero attached hydrogens (tertiary/aromatic N) is 3. The van der Waals surface area contributed by atoms with Crippen molar-refractivity contribution in [3.63, 3.8) is 0 Å². The van der Waals surface area contributed by atoms with Crippen LogP contribution in [0.4, 0.5) is 5.82 Å². The Balaban J connectivity index is 2.10. The zero-order valence-electron chi connectivity index (χ0n) is 7.31. The molecule has 1 fully saturated rings. The van der Waals surface area contributed by atoms with E-state index in [1.165, 1.54) is 0 Å². The predicted octanol–water partition coefficient (Wildman–Crippen LogP) is -1.16. The summed E-state index contributed by atoms with van der Waals surface area (Å²) in [5, 5.41) is 0. The van der Waals surface area contributed by atoms with Gasteiger partial charge in [0.25, 0.3) is 0 Å². The summed E-state index contributed by atoms with van der Waals surface area (Å²) in [6, 6.07) is 0. The summed E-state index contributed by atoms with van der Waals surface area (Å²) >= 11 is 1.03. The zero-order chi connectivity index (χ0) is 9.10. The van der Waals surface area contributed by atoms with Gasteiger partial charge in [-0.15, -0.1) is 0 Å². The van der Waals surface area contributed by atoms with E-state index in [0.29, 0.717) is 0 Å². The van der Waals surface area contributed by atoms with Gasteiger partial charge < -0.3 is 0 Å². The van der Waals surface area contributed by atoms with Crippen molar-refractivity contribution in [3.8, 4) is 0 Å². The molecule has 1 aliphatic rings. The van der Waals surface area contributed by atoms with Crippen molar-refractivity contribution >= 4 is 32.1 Å². The first-order valence-corrected chi connectivity index (χ1v) is 5.91. The normalized spacial score (nSPS) is 17.5. The van der Waals surface area contributed by atoms with E-state index in [-0.39, 0.29) is 0 Å². The maximum atomic E-state index is 5.26. The molecule has 1 aromatic rings. The van der Waals surface area contributed by atoms with E-state index >= 15 is 0 Å². The second kappa shape index (κ2) is 4.23. The van der Waals surface area contributed by atoms with Crippen LogP contribution in [0.1, 0.15) is 0 Å². The molecule has 1 aliphatic heterocycles. The van der Waals surface area contributed by atoms with Crippen molar-refractivity contribution in [2.45, 2.75) is 0 Å². The van der Waals surface area contributed by atoms with Crippen molar-refractivity contribution in [3.05, 3.63) is 12.4 Å². The van der Waals surface area contributed by atoms with E-state index in [4.69, 9.17) is 4.74 Å². The number of morpholine rings is 1. The molecule has 2 rings (SSSR count). The van der Waals surface area contributed by atoms with Crippen LogP contribution in [0.3, 0.4) is 0 Å². The number of anilines is 1. The van der Waals surface area contributed by atoms with Gasteiger partial charge in [0.05, 0.1) is 0 Å². The SMILES string of the molecule is [SnH][c]1cnc(N2CCOCC2)cn1.